The number of aromatic nitrogens is 1. The molecule has 0 aliphatic heterocycles. The second-order valence-corrected chi connectivity index (χ2v) is 13.7. The van der Waals surface area contributed by atoms with Crippen molar-refractivity contribution in [3.05, 3.63) is 30.1 Å². The molecule has 4 aliphatic carbocycles. The van der Waals surface area contributed by atoms with E-state index < -0.39 is 0 Å². The molecule has 1 aromatic heterocycles. The summed E-state index contributed by atoms with van der Waals surface area (Å²) < 4.78 is 0. The third-order valence-corrected chi connectivity index (χ3v) is 13.2. The first-order valence-corrected chi connectivity index (χ1v) is 13.1. The van der Waals surface area contributed by atoms with Crippen LogP contribution in [0.1, 0.15) is 98.5 Å². The first-order chi connectivity index (χ1) is 14.9. The molecule has 0 unspecified atom stereocenters. The van der Waals surface area contributed by atoms with Crippen LogP contribution in [0.4, 0.5) is 0 Å². The number of hydrogen-bond donors (Lipinski definition) is 2. The van der Waals surface area contributed by atoms with E-state index in [1.54, 1.807) is 0 Å². The highest BCUT2D eigenvalue weighted by atomic mass is 16.3. The molecular formula is C29H45NO2. The maximum absolute atomic E-state index is 11.8. The van der Waals surface area contributed by atoms with Gasteiger partial charge in [0, 0.05) is 12.4 Å². The summed E-state index contributed by atoms with van der Waals surface area (Å²) in [6.45, 7) is 15.2. The molecule has 9 atom stereocenters. The Balaban J connectivity index is 1.56. The van der Waals surface area contributed by atoms with Crippen LogP contribution in [0.3, 0.4) is 0 Å². The van der Waals surface area contributed by atoms with Gasteiger partial charge in [-0.2, -0.15) is 0 Å². The smallest absolute Gasteiger partial charge is 0.0630 e. The zero-order chi connectivity index (χ0) is 23.2. The van der Waals surface area contributed by atoms with E-state index in [-0.39, 0.29) is 44.7 Å². The average Bonchev–Trinajstić information content (AvgIpc) is 2.95. The van der Waals surface area contributed by atoms with Crippen molar-refractivity contribution < 1.29 is 10.2 Å². The zero-order valence-electron chi connectivity index (χ0n) is 21.2. The molecule has 3 heteroatoms. The van der Waals surface area contributed by atoms with Gasteiger partial charge >= 0.3 is 0 Å². The largest absolute Gasteiger partial charge is 0.393 e. The fourth-order valence-corrected chi connectivity index (χ4v) is 10.3. The van der Waals surface area contributed by atoms with Gasteiger partial charge < -0.3 is 10.2 Å². The second kappa shape index (κ2) is 6.81. The summed E-state index contributed by atoms with van der Waals surface area (Å²) in [5.74, 6) is 0.306. The molecule has 178 valence electrons. The van der Waals surface area contributed by atoms with E-state index in [1.165, 1.54) is 24.8 Å². The van der Waals surface area contributed by atoms with Gasteiger partial charge in [-0.3, -0.25) is 4.98 Å². The maximum atomic E-state index is 11.8. The van der Waals surface area contributed by atoms with E-state index in [2.05, 4.69) is 58.7 Å². The highest BCUT2D eigenvalue weighted by molar-refractivity contribution is 5.27. The number of rotatable bonds is 2. The zero-order valence-corrected chi connectivity index (χ0v) is 21.2. The van der Waals surface area contributed by atoms with Crippen LogP contribution >= 0.6 is 0 Å². The maximum Gasteiger partial charge on any atom is 0.0630 e. The Labute approximate surface area is 195 Å². The normalized spacial score (nSPS) is 55.1. The second-order valence-electron chi connectivity index (χ2n) is 13.7. The average molecular weight is 440 g/mol. The number of fused-ring (bicyclic) bond motifs is 5. The molecule has 0 spiro atoms. The molecule has 2 N–H and O–H groups in total. The lowest BCUT2D eigenvalue weighted by atomic mass is 9.27. The minimum Gasteiger partial charge on any atom is -0.393 e. The highest BCUT2D eigenvalue weighted by Gasteiger charge is 2.77. The Kier molecular flexibility index (Phi) is 4.86. The summed E-state index contributed by atoms with van der Waals surface area (Å²) in [7, 11) is 0. The molecule has 4 fully saturated rings. The van der Waals surface area contributed by atoms with Crippen molar-refractivity contribution in [3.8, 4) is 0 Å². The van der Waals surface area contributed by atoms with Crippen LogP contribution < -0.4 is 0 Å². The van der Waals surface area contributed by atoms with E-state index in [0.29, 0.717) is 5.92 Å². The first kappa shape index (κ1) is 22.8. The van der Waals surface area contributed by atoms with E-state index in [9.17, 15) is 10.2 Å². The lowest BCUT2D eigenvalue weighted by molar-refractivity contribution is -0.292. The summed E-state index contributed by atoms with van der Waals surface area (Å²) >= 11 is 0. The van der Waals surface area contributed by atoms with Gasteiger partial charge in [0.1, 0.15) is 0 Å². The van der Waals surface area contributed by atoms with E-state index >= 15 is 0 Å². The molecular weight excluding hydrogens is 394 g/mol. The summed E-state index contributed by atoms with van der Waals surface area (Å²) in [6.07, 6.45) is 13.2. The molecule has 1 heterocycles. The summed E-state index contributed by atoms with van der Waals surface area (Å²) in [6, 6.07) is 4.23. The van der Waals surface area contributed by atoms with E-state index in [4.69, 9.17) is 0 Å². The van der Waals surface area contributed by atoms with Gasteiger partial charge in [-0.05, 0) is 114 Å². The molecule has 4 aliphatic rings. The predicted octanol–water partition coefficient (Wildman–Crippen LogP) is 6.18. The number of aliphatic hydroxyl groups is 2. The van der Waals surface area contributed by atoms with Gasteiger partial charge in [0.05, 0.1) is 12.2 Å². The quantitative estimate of drug-likeness (QED) is 0.579. The topological polar surface area (TPSA) is 53.4 Å². The van der Waals surface area contributed by atoms with Gasteiger partial charge in [0.25, 0.3) is 0 Å². The van der Waals surface area contributed by atoms with Gasteiger partial charge in [0.15, 0.2) is 0 Å². The Hall–Kier alpha value is -0.930. The molecule has 32 heavy (non-hydrogen) atoms. The highest BCUT2D eigenvalue weighted by Crippen LogP contribution is 2.83. The third-order valence-electron chi connectivity index (χ3n) is 13.2. The lowest BCUT2D eigenvalue weighted by Crippen LogP contribution is -2.70. The van der Waals surface area contributed by atoms with Crippen molar-refractivity contribution >= 4 is 0 Å². The van der Waals surface area contributed by atoms with E-state index in [0.717, 1.165) is 38.5 Å². The molecule has 5 rings (SSSR count). The van der Waals surface area contributed by atoms with Crippen molar-refractivity contribution in [1.82, 2.24) is 4.98 Å². The monoisotopic (exact) mass is 439 g/mol. The van der Waals surface area contributed by atoms with Gasteiger partial charge in [-0.1, -0.05) is 41.5 Å². The van der Waals surface area contributed by atoms with Crippen LogP contribution in [0.15, 0.2) is 24.5 Å². The van der Waals surface area contributed by atoms with Crippen molar-refractivity contribution in [3.63, 3.8) is 0 Å². The Morgan fingerprint density at radius 3 is 2.09 bits per heavy atom. The third kappa shape index (κ3) is 2.48. The van der Waals surface area contributed by atoms with Crippen molar-refractivity contribution in [1.29, 1.82) is 0 Å². The molecule has 4 saturated carbocycles. The molecule has 0 aromatic carbocycles. The van der Waals surface area contributed by atoms with Crippen LogP contribution in [-0.2, 0) is 6.42 Å². The summed E-state index contributed by atoms with van der Waals surface area (Å²) in [5, 5.41) is 22.4. The van der Waals surface area contributed by atoms with E-state index in [1.807, 2.05) is 12.4 Å². The fraction of sp³-hybridized carbons (Fsp3) is 0.828. The summed E-state index contributed by atoms with van der Waals surface area (Å²) in [4.78, 5) is 4.19. The van der Waals surface area contributed by atoms with Crippen LogP contribution in [0.5, 0.6) is 0 Å². The number of aliphatic hydroxyl groups excluding tert-OH is 2. The van der Waals surface area contributed by atoms with Gasteiger partial charge in [-0.15, -0.1) is 0 Å². The Morgan fingerprint density at radius 1 is 0.781 bits per heavy atom. The molecule has 0 saturated heterocycles. The van der Waals surface area contributed by atoms with Crippen molar-refractivity contribution in [2.24, 2.45) is 38.4 Å². The summed E-state index contributed by atoms with van der Waals surface area (Å²) in [5.41, 5.74) is 2.18. The van der Waals surface area contributed by atoms with Crippen LogP contribution in [0.2, 0.25) is 0 Å². The minimum atomic E-state index is -0.253. The SMILES string of the molecule is C[C@@]12CC[C@]3(C)[C@](C)(CC[C@]4(C)[C@H](O)[C@@H](Cc5ccncc5)C[C@@]34C)[C@@]1(C)CC[C@H](O)C2. The first-order valence-electron chi connectivity index (χ1n) is 13.1. The Bertz CT molecular complexity index is 888. The number of nitrogens with zero attached hydrogens (tertiary/aromatic N) is 1. The van der Waals surface area contributed by atoms with Crippen LogP contribution in [0.25, 0.3) is 0 Å². The van der Waals surface area contributed by atoms with Crippen LogP contribution in [-0.4, -0.2) is 27.4 Å². The minimum absolute atomic E-state index is 0.0444. The fourth-order valence-electron chi connectivity index (χ4n) is 10.3. The molecule has 0 bridgehead atoms. The number of hydrogen-bond acceptors (Lipinski definition) is 3. The van der Waals surface area contributed by atoms with Crippen molar-refractivity contribution in [2.75, 3.05) is 0 Å². The Morgan fingerprint density at radius 2 is 1.41 bits per heavy atom. The number of pyridine rings is 1. The molecule has 1 aromatic rings. The van der Waals surface area contributed by atoms with Crippen LogP contribution in [0, 0.1) is 38.4 Å². The molecule has 0 amide bonds. The molecule has 0 radical (unpaired) electrons. The lowest BCUT2D eigenvalue weighted by Gasteiger charge is -2.77. The van der Waals surface area contributed by atoms with Crippen molar-refractivity contribution in [2.45, 2.75) is 112 Å². The molecule has 3 nitrogen and oxygen atoms in total. The predicted molar refractivity (Wildman–Crippen MR) is 129 cm³/mol. The standard InChI is InChI=1S/C29H45NO2/c1-24-11-13-28(5)27(4,26(24,3)10-7-22(31)19-24)14-12-25(2)23(32)21(18-29(25,28)6)17-20-8-15-30-16-9-20/h8-9,15-16,21-23,31-32H,7,10-14,17-19H2,1-6H3/t21-,22-,23+,24-,25+,26-,27+,28+,29+/m0/s1. The van der Waals surface area contributed by atoms with Gasteiger partial charge in [-0.25, -0.2) is 0 Å². The van der Waals surface area contributed by atoms with Gasteiger partial charge in [0.2, 0.25) is 0 Å².